The van der Waals surface area contributed by atoms with E-state index in [2.05, 4.69) is 0 Å². The van der Waals surface area contributed by atoms with Crippen LogP contribution in [0.3, 0.4) is 0 Å². The highest BCUT2D eigenvalue weighted by Crippen LogP contribution is 2.21. The molecule has 1 aromatic heterocycles. The number of nitrogens with zero attached hydrogens (tertiary/aromatic N) is 1. The Bertz CT molecular complexity index is 800. The van der Waals surface area contributed by atoms with E-state index in [1.165, 1.54) is 6.08 Å². The lowest BCUT2D eigenvalue weighted by Crippen LogP contribution is -2.14. The Morgan fingerprint density at radius 2 is 1.96 bits per heavy atom. The first-order valence-corrected chi connectivity index (χ1v) is 7.83. The number of rotatable bonds is 5. The SMILES string of the molecule is Cc1ccc(/C=C(\C#N)C(=O)OCC(=O)c2ccc(Cl)s2)cc1. The molecule has 0 aliphatic heterocycles. The molecule has 1 heterocycles. The molecule has 0 aliphatic rings. The summed E-state index contributed by atoms with van der Waals surface area (Å²) in [6.07, 6.45) is 1.42. The van der Waals surface area contributed by atoms with Crippen molar-refractivity contribution >= 4 is 40.8 Å². The number of aryl methyl sites for hydroxylation is 1. The van der Waals surface area contributed by atoms with Gasteiger partial charge in [0.15, 0.2) is 6.61 Å². The topological polar surface area (TPSA) is 67.2 Å². The largest absolute Gasteiger partial charge is 0.453 e. The Morgan fingerprint density at radius 3 is 2.52 bits per heavy atom. The first kappa shape index (κ1) is 16.9. The number of ketones is 1. The maximum atomic E-state index is 11.9. The number of esters is 1. The zero-order valence-corrected chi connectivity index (χ0v) is 13.8. The second kappa shape index (κ2) is 7.73. The number of halogens is 1. The zero-order valence-electron chi connectivity index (χ0n) is 12.2. The van der Waals surface area contributed by atoms with Gasteiger partial charge >= 0.3 is 5.97 Å². The normalized spacial score (nSPS) is 10.9. The number of hydrogen-bond donors (Lipinski definition) is 0. The third-order valence-electron chi connectivity index (χ3n) is 2.91. The van der Waals surface area contributed by atoms with E-state index < -0.39 is 12.6 Å². The van der Waals surface area contributed by atoms with Crippen LogP contribution in [0.15, 0.2) is 42.0 Å². The van der Waals surface area contributed by atoms with Gasteiger partial charge in [-0.3, -0.25) is 4.79 Å². The number of carbonyl (C=O) groups excluding carboxylic acids is 2. The summed E-state index contributed by atoms with van der Waals surface area (Å²) in [4.78, 5) is 24.1. The van der Waals surface area contributed by atoms with Crippen molar-refractivity contribution in [2.45, 2.75) is 6.92 Å². The highest BCUT2D eigenvalue weighted by Gasteiger charge is 2.15. The van der Waals surface area contributed by atoms with Crippen molar-refractivity contribution in [2.75, 3.05) is 6.61 Å². The number of carbonyl (C=O) groups is 2. The maximum Gasteiger partial charge on any atom is 0.349 e. The molecule has 0 atom stereocenters. The lowest BCUT2D eigenvalue weighted by Gasteiger charge is -2.02. The quantitative estimate of drug-likeness (QED) is 0.355. The minimum absolute atomic E-state index is 0.161. The first-order valence-electron chi connectivity index (χ1n) is 6.63. The van der Waals surface area contributed by atoms with Crippen LogP contribution < -0.4 is 0 Å². The number of hydrogen-bond acceptors (Lipinski definition) is 5. The fourth-order valence-electron chi connectivity index (χ4n) is 1.71. The van der Waals surface area contributed by atoms with Crippen molar-refractivity contribution in [1.82, 2.24) is 0 Å². The van der Waals surface area contributed by atoms with E-state index in [-0.39, 0.29) is 11.4 Å². The smallest absolute Gasteiger partial charge is 0.349 e. The van der Waals surface area contributed by atoms with Gasteiger partial charge in [0.1, 0.15) is 11.6 Å². The third kappa shape index (κ3) is 4.78. The molecule has 0 fully saturated rings. The highest BCUT2D eigenvalue weighted by molar-refractivity contribution is 7.18. The molecular formula is C17H12ClNO3S. The number of ether oxygens (including phenoxy) is 1. The van der Waals surface area contributed by atoms with Crippen LogP contribution >= 0.6 is 22.9 Å². The second-order valence-electron chi connectivity index (χ2n) is 4.68. The molecule has 2 rings (SSSR count). The number of benzene rings is 1. The average Bonchev–Trinajstić information content (AvgIpc) is 2.98. The summed E-state index contributed by atoms with van der Waals surface area (Å²) in [6.45, 7) is 1.51. The van der Waals surface area contributed by atoms with Gasteiger partial charge in [-0.15, -0.1) is 11.3 Å². The molecule has 1 aromatic carbocycles. The highest BCUT2D eigenvalue weighted by atomic mass is 35.5. The summed E-state index contributed by atoms with van der Waals surface area (Å²) in [5.74, 6) is -1.19. The van der Waals surface area contributed by atoms with Crippen LogP contribution in [-0.4, -0.2) is 18.4 Å². The van der Waals surface area contributed by atoms with E-state index in [1.807, 2.05) is 19.1 Å². The van der Waals surface area contributed by atoms with Crippen molar-refractivity contribution in [3.63, 3.8) is 0 Å². The molecule has 0 amide bonds. The molecule has 0 aliphatic carbocycles. The van der Waals surface area contributed by atoms with E-state index in [0.717, 1.165) is 16.9 Å². The predicted molar refractivity (Wildman–Crippen MR) is 89.4 cm³/mol. The van der Waals surface area contributed by atoms with Crippen LogP contribution in [0, 0.1) is 18.3 Å². The first-order chi connectivity index (χ1) is 11.0. The fourth-order valence-corrected chi connectivity index (χ4v) is 2.68. The third-order valence-corrected chi connectivity index (χ3v) is 4.18. The Labute approximate surface area is 142 Å². The summed E-state index contributed by atoms with van der Waals surface area (Å²) < 4.78 is 5.38. The summed E-state index contributed by atoms with van der Waals surface area (Å²) >= 11 is 6.86. The standard InChI is InChI=1S/C17H12ClNO3S/c1-11-2-4-12(5-3-11)8-13(9-19)17(21)22-10-14(20)15-6-7-16(18)23-15/h2-8H,10H2,1H3/b13-8+. The monoisotopic (exact) mass is 345 g/mol. The van der Waals surface area contributed by atoms with Gasteiger partial charge in [0.25, 0.3) is 0 Å². The Kier molecular flexibility index (Phi) is 5.69. The van der Waals surface area contributed by atoms with E-state index in [9.17, 15) is 9.59 Å². The summed E-state index contributed by atoms with van der Waals surface area (Å²) in [6, 6.07) is 12.3. The number of nitriles is 1. The van der Waals surface area contributed by atoms with E-state index in [0.29, 0.717) is 14.8 Å². The van der Waals surface area contributed by atoms with Crippen molar-refractivity contribution in [3.8, 4) is 6.07 Å². The Hall–Kier alpha value is -2.42. The van der Waals surface area contributed by atoms with Crippen LogP contribution in [0.4, 0.5) is 0 Å². The van der Waals surface area contributed by atoms with Gasteiger partial charge in [0, 0.05) is 0 Å². The molecule has 4 nitrogen and oxygen atoms in total. The van der Waals surface area contributed by atoms with Crippen molar-refractivity contribution in [2.24, 2.45) is 0 Å². The van der Waals surface area contributed by atoms with Gasteiger partial charge in [-0.05, 0) is 30.7 Å². The molecule has 2 aromatic rings. The van der Waals surface area contributed by atoms with E-state index >= 15 is 0 Å². The van der Waals surface area contributed by atoms with Crippen molar-refractivity contribution in [3.05, 3.63) is 62.3 Å². The van der Waals surface area contributed by atoms with E-state index in [1.54, 1.807) is 30.3 Å². The number of thiophene rings is 1. The summed E-state index contributed by atoms with van der Waals surface area (Å²) in [7, 11) is 0. The molecule has 0 saturated carbocycles. The molecule has 0 spiro atoms. The molecule has 0 radical (unpaired) electrons. The van der Waals surface area contributed by atoms with Gasteiger partial charge in [0.2, 0.25) is 5.78 Å². The Morgan fingerprint density at radius 1 is 1.26 bits per heavy atom. The van der Waals surface area contributed by atoms with Crippen LogP contribution in [0.1, 0.15) is 20.8 Å². The van der Waals surface area contributed by atoms with Crippen molar-refractivity contribution in [1.29, 1.82) is 5.26 Å². The minimum atomic E-state index is -0.830. The van der Waals surface area contributed by atoms with Crippen LogP contribution in [0.2, 0.25) is 4.34 Å². The summed E-state index contributed by atoms with van der Waals surface area (Å²) in [5, 5.41) is 9.08. The van der Waals surface area contributed by atoms with Gasteiger partial charge in [-0.25, -0.2) is 4.79 Å². The average molecular weight is 346 g/mol. The fraction of sp³-hybridized carbons (Fsp3) is 0.118. The van der Waals surface area contributed by atoms with Gasteiger partial charge in [-0.1, -0.05) is 41.4 Å². The minimum Gasteiger partial charge on any atom is -0.453 e. The molecule has 0 N–H and O–H groups in total. The van der Waals surface area contributed by atoms with Gasteiger partial charge in [-0.2, -0.15) is 5.26 Å². The second-order valence-corrected chi connectivity index (χ2v) is 6.40. The van der Waals surface area contributed by atoms with Gasteiger partial charge in [0.05, 0.1) is 9.21 Å². The van der Waals surface area contributed by atoms with Crippen LogP contribution in [-0.2, 0) is 9.53 Å². The molecule has 0 unspecified atom stereocenters. The van der Waals surface area contributed by atoms with Crippen LogP contribution in [0.5, 0.6) is 0 Å². The zero-order chi connectivity index (χ0) is 16.8. The predicted octanol–water partition coefficient (Wildman–Crippen LogP) is 4.04. The van der Waals surface area contributed by atoms with Crippen LogP contribution in [0.25, 0.3) is 6.08 Å². The lowest BCUT2D eigenvalue weighted by atomic mass is 10.1. The molecule has 23 heavy (non-hydrogen) atoms. The molecular weight excluding hydrogens is 334 g/mol. The Balaban J connectivity index is 2.01. The maximum absolute atomic E-state index is 11.9. The number of Topliss-reactive ketones (excluding diaryl/α,β-unsaturated/α-hetero) is 1. The molecule has 0 bridgehead atoms. The molecule has 0 saturated heterocycles. The molecule has 116 valence electrons. The lowest BCUT2D eigenvalue weighted by molar-refractivity contribution is -0.137. The molecule has 6 heteroatoms. The summed E-state index contributed by atoms with van der Waals surface area (Å²) in [5.41, 5.74) is 1.62. The van der Waals surface area contributed by atoms with Crippen molar-refractivity contribution < 1.29 is 14.3 Å². The van der Waals surface area contributed by atoms with Gasteiger partial charge < -0.3 is 4.74 Å². The van der Waals surface area contributed by atoms with E-state index in [4.69, 9.17) is 21.6 Å².